The lowest BCUT2D eigenvalue weighted by Gasteiger charge is -2.14. The summed E-state index contributed by atoms with van der Waals surface area (Å²) in [6.07, 6.45) is 0. The molecule has 1 heterocycles. The highest BCUT2D eigenvalue weighted by atomic mass is 16.5. The van der Waals surface area contributed by atoms with Crippen molar-refractivity contribution in [3.8, 4) is 22.9 Å². The molecule has 1 aromatic heterocycles. The first-order valence-corrected chi connectivity index (χ1v) is 8.76. The maximum atomic E-state index is 12.7. The molecule has 0 spiro atoms. The van der Waals surface area contributed by atoms with Crippen LogP contribution in [0.3, 0.4) is 0 Å². The Kier molecular flexibility index (Phi) is 6.01. The zero-order valence-corrected chi connectivity index (χ0v) is 16.0. The smallest absolute Gasteiger partial charge is 0.282 e. The van der Waals surface area contributed by atoms with Crippen molar-refractivity contribution >= 4 is 19.0 Å². The minimum Gasteiger partial charge on any atom is -0.496 e. The lowest BCUT2D eigenvalue weighted by Crippen LogP contribution is -2.12. The summed E-state index contributed by atoms with van der Waals surface area (Å²) in [4.78, 5) is 20.1. The second-order valence-corrected chi connectivity index (χ2v) is 6.42. The maximum Gasteiger partial charge on any atom is 0.282 e. The number of aryl methyl sites for hydroxylation is 2. The zero-order chi connectivity index (χ0) is 20.3. The molecule has 0 saturated carbocycles. The molecular formula is C20H21BN2O5. The van der Waals surface area contributed by atoms with Crippen molar-refractivity contribution in [1.82, 2.24) is 9.97 Å². The van der Waals surface area contributed by atoms with Crippen molar-refractivity contribution in [3.05, 3.63) is 51.3 Å². The van der Waals surface area contributed by atoms with Gasteiger partial charge in [-0.25, -0.2) is 4.98 Å². The Morgan fingerprint density at radius 3 is 2.46 bits per heavy atom. The third-order valence-corrected chi connectivity index (χ3v) is 4.42. The summed E-state index contributed by atoms with van der Waals surface area (Å²) in [6, 6.07) is 7.09. The Labute approximate surface area is 163 Å². The molecule has 0 fully saturated rings. The van der Waals surface area contributed by atoms with Gasteiger partial charge in [0.1, 0.15) is 29.3 Å². The Morgan fingerprint density at radius 1 is 1.14 bits per heavy atom. The molecule has 2 radical (unpaired) electrons. The lowest BCUT2D eigenvalue weighted by molar-refractivity contribution is 0.227. The Morgan fingerprint density at radius 2 is 1.86 bits per heavy atom. The van der Waals surface area contributed by atoms with Crippen LogP contribution in [-0.4, -0.2) is 43.4 Å². The van der Waals surface area contributed by atoms with Crippen LogP contribution in [0, 0.1) is 13.8 Å². The fourth-order valence-electron chi connectivity index (χ4n) is 3.19. The van der Waals surface area contributed by atoms with Crippen molar-refractivity contribution in [3.63, 3.8) is 0 Å². The highest BCUT2D eigenvalue weighted by molar-refractivity contribution is 5.97. The van der Waals surface area contributed by atoms with E-state index < -0.39 is 0 Å². The predicted octanol–water partition coefficient (Wildman–Crippen LogP) is 2.19. The molecule has 0 aliphatic heterocycles. The van der Waals surface area contributed by atoms with Crippen LogP contribution in [-0.2, 0) is 11.3 Å². The van der Waals surface area contributed by atoms with Gasteiger partial charge in [-0.15, -0.1) is 0 Å². The Balaban J connectivity index is 2.10. The fraction of sp³-hybridized carbons (Fsp3) is 0.300. The van der Waals surface area contributed by atoms with Gasteiger partial charge in [-0.3, -0.25) is 4.79 Å². The molecule has 2 aromatic carbocycles. The Hall–Kier alpha value is -2.84. The second-order valence-electron chi connectivity index (χ2n) is 6.42. The molecule has 0 amide bonds. The quantitative estimate of drug-likeness (QED) is 0.482. The van der Waals surface area contributed by atoms with Crippen LogP contribution in [0.4, 0.5) is 0 Å². The van der Waals surface area contributed by atoms with Crippen LogP contribution in [0.15, 0.2) is 29.1 Å². The number of hydrogen-bond donors (Lipinski definition) is 2. The number of nitrogens with zero attached hydrogens (tertiary/aromatic N) is 1. The molecule has 3 rings (SSSR count). The van der Waals surface area contributed by atoms with Gasteiger partial charge in [-0.1, -0.05) is 0 Å². The van der Waals surface area contributed by atoms with E-state index in [0.717, 1.165) is 22.4 Å². The average Bonchev–Trinajstić information content (AvgIpc) is 2.68. The Bertz CT molecular complexity index is 1040. The third kappa shape index (κ3) is 3.88. The highest BCUT2D eigenvalue weighted by Gasteiger charge is 2.14. The summed E-state index contributed by atoms with van der Waals surface area (Å²) in [7, 11) is 6.50. The van der Waals surface area contributed by atoms with E-state index in [4.69, 9.17) is 17.5 Å². The summed E-state index contributed by atoms with van der Waals surface area (Å²) >= 11 is 0. The molecule has 28 heavy (non-hydrogen) atoms. The van der Waals surface area contributed by atoms with E-state index in [1.807, 2.05) is 26.0 Å². The summed E-state index contributed by atoms with van der Waals surface area (Å²) in [6.45, 7) is 4.29. The number of ether oxygens (including phenoxy) is 2. The van der Waals surface area contributed by atoms with Gasteiger partial charge in [-0.2, -0.15) is 0 Å². The number of benzene rings is 2. The van der Waals surface area contributed by atoms with Crippen LogP contribution < -0.4 is 15.0 Å². The maximum absolute atomic E-state index is 12.7. The van der Waals surface area contributed by atoms with Gasteiger partial charge in [0.15, 0.2) is 0 Å². The molecule has 0 aliphatic rings. The number of fused-ring (bicyclic) bond motifs is 1. The average molecular weight is 380 g/mol. The standard InChI is InChI=1S/C20H21BN2O5/c1-11-6-14(7-12(2)18(11)27-4-5-28-21)19-22-15-8-13(10-24)9-16(26-3)17(15)20(25)23-19/h6-9,24H,4-5,10H2,1-3H3,(H,22,23,25). The lowest BCUT2D eigenvalue weighted by atomic mass is 10.0. The first-order valence-electron chi connectivity index (χ1n) is 8.76. The molecule has 0 aliphatic carbocycles. The minimum absolute atomic E-state index is 0.174. The molecule has 144 valence electrons. The normalized spacial score (nSPS) is 11.0. The van der Waals surface area contributed by atoms with Gasteiger partial charge in [0.25, 0.3) is 13.6 Å². The van der Waals surface area contributed by atoms with E-state index in [-0.39, 0.29) is 18.8 Å². The van der Waals surface area contributed by atoms with Gasteiger partial charge >= 0.3 is 0 Å². The molecule has 0 atom stereocenters. The zero-order valence-electron chi connectivity index (χ0n) is 16.0. The van der Waals surface area contributed by atoms with Crippen molar-refractivity contribution in [2.75, 3.05) is 20.3 Å². The van der Waals surface area contributed by atoms with Crippen molar-refractivity contribution in [1.29, 1.82) is 0 Å². The number of nitrogens with one attached hydrogen (secondary N) is 1. The number of aliphatic hydroxyl groups excluding tert-OH is 1. The first kappa shape index (κ1) is 19.9. The number of rotatable bonds is 7. The van der Waals surface area contributed by atoms with E-state index in [0.29, 0.717) is 34.6 Å². The molecule has 0 bridgehead atoms. The van der Waals surface area contributed by atoms with E-state index in [9.17, 15) is 9.90 Å². The second kappa shape index (κ2) is 8.45. The topological polar surface area (TPSA) is 93.7 Å². The van der Waals surface area contributed by atoms with Crippen LogP contribution in [0.5, 0.6) is 11.5 Å². The van der Waals surface area contributed by atoms with Gasteiger partial charge in [0.2, 0.25) is 0 Å². The van der Waals surface area contributed by atoms with E-state index in [1.165, 1.54) is 7.11 Å². The summed E-state index contributed by atoms with van der Waals surface area (Å²) in [5.41, 5.74) is 3.32. The molecule has 0 unspecified atom stereocenters. The van der Waals surface area contributed by atoms with Crippen molar-refractivity contribution in [2.45, 2.75) is 20.5 Å². The van der Waals surface area contributed by atoms with E-state index >= 15 is 0 Å². The van der Waals surface area contributed by atoms with Gasteiger partial charge < -0.3 is 24.2 Å². The van der Waals surface area contributed by atoms with E-state index in [2.05, 4.69) is 14.6 Å². The highest BCUT2D eigenvalue weighted by Crippen LogP contribution is 2.30. The monoisotopic (exact) mass is 380 g/mol. The molecule has 3 aromatic rings. The largest absolute Gasteiger partial charge is 0.496 e. The van der Waals surface area contributed by atoms with Crippen LogP contribution in [0.1, 0.15) is 16.7 Å². The van der Waals surface area contributed by atoms with Gasteiger partial charge in [-0.05, 0) is 54.8 Å². The predicted molar refractivity (Wildman–Crippen MR) is 107 cm³/mol. The number of H-pyrrole nitrogens is 1. The summed E-state index contributed by atoms with van der Waals surface area (Å²) < 4.78 is 15.5. The fourth-order valence-corrected chi connectivity index (χ4v) is 3.19. The number of aromatic amines is 1. The van der Waals surface area contributed by atoms with Crippen molar-refractivity contribution < 1.29 is 19.2 Å². The molecule has 7 nitrogen and oxygen atoms in total. The summed E-state index contributed by atoms with van der Waals surface area (Å²) in [5, 5.41) is 9.81. The molecule has 8 heteroatoms. The van der Waals surface area contributed by atoms with Crippen molar-refractivity contribution in [2.24, 2.45) is 0 Å². The minimum atomic E-state index is -0.308. The number of methoxy groups -OCH3 is 1. The number of aromatic nitrogens is 2. The molecule has 0 saturated heterocycles. The van der Waals surface area contributed by atoms with Gasteiger partial charge in [0.05, 0.1) is 25.8 Å². The van der Waals surface area contributed by atoms with Crippen LogP contribution >= 0.6 is 0 Å². The third-order valence-electron chi connectivity index (χ3n) is 4.42. The number of hydrogen-bond acceptors (Lipinski definition) is 6. The van der Waals surface area contributed by atoms with E-state index in [1.54, 1.807) is 12.1 Å². The van der Waals surface area contributed by atoms with Gasteiger partial charge in [0, 0.05) is 5.56 Å². The first-order chi connectivity index (χ1) is 13.5. The summed E-state index contributed by atoms with van der Waals surface area (Å²) in [5.74, 6) is 1.55. The van der Waals surface area contributed by atoms with Crippen LogP contribution in [0.25, 0.3) is 22.3 Å². The van der Waals surface area contributed by atoms with Crippen LogP contribution in [0.2, 0.25) is 0 Å². The number of aliphatic hydroxyl groups is 1. The molecular weight excluding hydrogens is 359 g/mol. The molecule has 2 N–H and O–H groups in total. The SMILES string of the molecule is [B]OCCOc1c(C)cc(-c2nc3cc(CO)cc(OC)c3c(=O)[nH]2)cc1C.